The molecule has 1 aliphatic carbocycles. The molecule has 3 heteroatoms. The Hall–Kier alpha value is 0.01000. The van der Waals surface area contributed by atoms with Crippen molar-refractivity contribution in [2.24, 2.45) is 23.0 Å². The molecule has 1 aromatic carbocycles. The highest BCUT2D eigenvalue weighted by Crippen LogP contribution is 2.46. The maximum Gasteiger partial charge on any atom is 0.0311 e. The smallest absolute Gasteiger partial charge is 0.0311 e. The van der Waals surface area contributed by atoms with Crippen LogP contribution in [-0.2, 0) is 0 Å². The van der Waals surface area contributed by atoms with Crippen molar-refractivity contribution in [2.75, 3.05) is 6.54 Å². The molecular weight excluding hydrogens is 330 g/mol. The van der Waals surface area contributed by atoms with Gasteiger partial charge < -0.3 is 5.73 Å². The van der Waals surface area contributed by atoms with Crippen LogP contribution in [0.15, 0.2) is 33.6 Å². The molecule has 2 N–H and O–H groups in total. The van der Waals surface area contributed by atoms with Gasteiger partial charge in [0.1, 0.15) is 0 Å². The Balaban J connectivity index is 2.12. The minimum absolute atomic E-state index is 0.409. The standard InChI is InChI=1S/C17H26BrNS/c1-17(2,3)13-9-8-12(11-19)16(10-13)20-15-7-5-4-6-14(15)18/h4-7,12-13,16H,8-11,19H2,1-3H3. The average Bonchev–Trinajstić information content (AvgIpc) is 2.40. The van der Waals surface area contributed by atoms with Crippen molar-refractivity contribution in [3.8, 4) is 0 Å². The van der Waals surface area contributed by atoms with Crippen LogP contribution in [-0.4, -0.2) is 11.8 Å². The summed E-state index contributed by atoms with van der Waals surface area (Å²) in [7, 11) is 0. The van der Waals surface area contributed by atoms with Crippen molar-refractivity contribution in [1.82, 2.24) is 0 Å². The third-order valence-electron chi connectivity index (χ3n) is 4.57. The molecule has 0 bridgehead atoms. The molecule has 1 aliphatic rings. The minimum atomic E-state index is 0.409. The lowest BCUT2D eigenvalue weighted by Crippen LogP contribution is -2.36. The van der Waals surface area contributed by atoms with E-state index in [1.807, 2.05) is 11.8 Å². The summed E-state index contributed by atoms with van der Waals surface area (Å²) in [5, 5.41) is 0.650. The summed E-state index contributed by atoms with van der Waals surface area (Å²) >= 11 is 5.68. The summed E-state index contributed by atoms with van der Waals surface area (Å²) < 4.78 is 1.21. The van der Waals surface area contributed by atoms with E-state index in [1.165, 1.54) is 28.6 Å². The molecule has 0 amide bonds. The molecule has 1 saturated carbocycles. The van der Waals surface area contributed by atoms with E-state index in [0.29, 0.717) is 16.6 Å². The van der Waals surface area contributed by atoms with Crippen molar-refractivity contribution in [2.45, 2.75) is 50.2 Å². The van der Waals surface area contributed by atoms with Crippen molar-refractivity contribution >= 4 is 27.7 Å². The zero-order chi connectivity index (χ0) is 14.8. The molecule has 0 heterocycles. The van der Waals surface area contributed by atoms with Gasteiger partial charge in [-0.25, -0.2) is 0 Å². The Labute approximate surface area is 136 Å². The van der Waals surface area contributed by atoms with Gasteiger partial charge in [0.25, 0.3) is 0 Å². The van der Waals surface area contributed by atoms with E-state index >= 15 is 0 Å². The second kappa shape index (κ2) is 6.85. The number of benzene rings is 1. The monoisotopic (exact) mass is 355 g/mol. The van der Waals surface area contributed by atoms with Crippen LogP contribution in [0, 0.1) is 17.3 Å². The van der Waals surface area contributed by atoms with Crippen molar-refractivity contribution < 1.29 is 0 Å². The topological polar surface area (TPSA) is 26.0 Å². The van der Waals surface area contributed by atoms with Crippen LogP contribution >= 0.6 is 27.7 Å². The summed E-state index contributed by atoms with van der Waals surface area (Å²) in [6.45, 7) is 7.95. The van der Waals surface area contributed by atoms with Gasteiger partial charge in [-0.05, 0) is 71.1 Å². The lowest BCUT2D eigenvalue weighted by Gasteiger charge is -2.41. The van der Waals surface area contributed by atoms with Crippen LogP contribution in [0.2, 0.25) is 0 Å². The fraction of sp³-hybridized carbons (Fsp3) is 0.647. The van der Waals surface area contributed by atoms with Crippen LogP contribution in [0.4, 0.5) is 0 Å². The summed E-state index contributed by atoms with van der Waals surface area (Å²) in [4.78, 5) is 1.35. The van der Waals surface area contributed by atoms with E-state index < -0.39 is 0 Å². The van der Waals surface area contributed by atoms with Crippen LogP contribution in [0.3, 0.4) is 0 Å². The molecule has 0 radical (unpaired) electrons. The Bertz CT molecular complexity index is 441. The van der Waals surface area contributed by atoms with Gasteiger partial charge in [0, 0.05) is 14.6 Å². The van der Waals surface area contributed by atoms with Crippen molar-refractivity contribution in [1.29, 1.82) is 0 Å². The Morgan fingerprint density at radius 1 is 1.25 bits per heavy atom. The molecule has 20 heavy (non-hydrogen) atoms. The molecular formula is C17H26BrNS. The summed E-state index contributed by atoms with van der Waals surface area (Å²) in [5.74, 6) is 1.47. The average molecular weight is 356 g/mol. The number of rotatable bonds is 3. The van der Waals surface area contributed by atoms with E-state index in [0.717, 1.165) is 12.5 Å². The highest BCUT2D eigenvalue weighted by molar-refractivity contribution is 9.10. The van der Waals surface area contributed by atoms with E-state index in [1.54, 1.807) is 0 Å². The van der Waals surface area contributed by atoms with Gasteiger partial charge in [0.15, 0.2) is 0 Å². The van der Waals surface area contributed by atoms with Crippen LogP contribution < -0.4 is 5.73 Å². The Morgan fingerprint density at radius 3 is 2.55 bits per heavy atom. The Kier molecular flexibility index (Phi) is 5.61. The largest absolute Gasteiger partial charge is 0.330 e. The van der Waals surface area contributed by atoms with Gasteiger partial charge in [-0.3, -0.25) is 0 Å². The van der Waals surface area contributed by atoms with Gasteiger partial charge in [0.2, 0.25) is 0 Å². The number of nitrogens with two attached hydrogens (primary N) is 1. The minimum Gasteiger partial charge on any atom is -0.330 e. The third kappa shape index (κ3) is 4.02. The van der Waals surface area contributed by atoms with Gasteiger partial charge in [-0.2, -0.15) is 0 Å². The predicted octanol–water partition coefficient (Wildman–Crippen LogP) is 5.33. The molecule has 0 saturated heterocycles. The SMILES string of the molecule is CC(C)(C)C1CCC(CN)C(Sc2ccccc2Br)C1. The van der Waals surface area contributed by atoms with Crippen LogP contribution in [0.1, 0.15) is 40.0 Å². The maximum absolute atomic E-state index is 6.01. The summed E-state index contributed by atoms with van der Waals surface area (Å²) in [6, 6.07) is 8.54. The molecule has 0 aliphatic heterocycles. The Morgan fingerprint density at radius 2 is 1.95 bits per heavy atom. The van der Waals surface area contributed by atoms with E-state index in [-0.39, 0.29) is 0 Å². The first kappa shape index (κ1) is 16.4. The summed E-state index contributed by atoms with van der Waals surface area (Å²) in [5.41, 5.74) is 6.42. The predicted molar refractivity (Wildman–Crippen MR) is 93.1 cm³/mol. The van der Waals surface area contributed by atoms with Crippen LogP contribution in [0.25, 0.3) is 0 Å². The number of hydrogen-bond acceptors (Lipinski definition) is 2. The second-order valence-electron chi connectivity index (χ2n) is 6.96. The second-order valence-corrected chi connectivity index (χ2v) is 9.09. The number of thioether (sulfide) groups is 1. The lowest BCUT2D eigenvalue weighted by molar-refractivity contribution is 0.157. The number of hydrogen-bond donors (Lipinski definition) is 1. The molecule has 2 rings (SSSR count). The van der Waals surface area contributed by atoms with Crippen molar-refractivity contribution in [3.63, 3.8) is 0 Å². The number of halogens is 1. The third-order valence-corrected chi connectivity index (χ3v) is 7.01. The quantitative estimate of drug-likeness (QED) is 0.792. The van der Waals surface area contributed by atoms with Gasteiger partial charge in [-0.1, -0.05) is 32.9 Å². The fourth-order valence-electron chi connectivity index (χ4n) is 3.10. The molecule has 1 aromatic rings. The molecule has 112 valence electrons. The molecule has 0 spiro atoms. The first-order valence-electron chi connectivity index (χ1n) is 7.53. The highest BCUT2D eigenvalue weighted by Gasteiger charge is 2.35. The molecule has 3 unspecified atom stereocenters. The first-order chi connectivity index (χ1) is 9.41. The maximum atomic E-state index is 6.01. The van der Waals surface area contributed by atoms with E-state index in [2.05, 4.69) is 61.0 Å². The lowest BCUT2D eigenvalue weighted by atomic mass is 9.69. The van der Waals surface area contributed by atoms with E-state index in [4.69, 9.17) is 5.73 Å². The van der Waals surface area contributed by atoms with Gasteiger partial charge >= 0.3 is 0 Å². The molecule has 1 fully saturated rings. The normalized spacial score (nSPS) is 27.6. The van der Waals surface area contributed by atoms with Crippen molar-refractivity contribution in [3.05, 3.63) is 28.7 Å². The molecule has 1 nitrogen and oxygen atoms in total. The molecule has 0 aromatic heterocycles. The summed E-state index contributed by atoms with van der Waals surface area (Å²) in [6.07, 6.45) is 3.90. The zero-order valence-electron chi connectivity index (χ0n) is 12.7. The van der Waals surface area contributed by atoms with Gasteiger partial charge in [0.05, 0.1) is 0 Å². The highest BCUT2D eigenvalue weighted by atomic mass is 79.9. The van der Waals surface area contributed by atoms with Gasteiger partial charge in [-0.15, -0.1) is 11.8 Å². The van der Waals surface area contributed by atoms with E-state index in [9.17, 15) is 0 Å². The van der Waals surface area contributed by atoms with Crippen LogP contribution in [0.5, 0.6) is 0 Å². The zero-order valence-corrected chi connectivity index (χ0v) is 15.1. The fourth-order valence-corrected chi connectivity index (χ4v) is 5.09. The first-order valence-corrected chi connectivity index (χ1v) is 9.20. The molecule has 3 atom stereocenters.